The van der Waals surface area contributed by atoms with E-state index < -0.39 is 0 Å². The molecule has 1 aliphatic carbocycles. The molecule has 0 aromatic rings. The van der Waals surface area contributed by atoms with Crippen molar-refractivity contribution >= 4 is 0 Å². The summed E-state index contributed by atoms with van der Waals surface area (Å²) in [5, 5.41) is 0. The zero-order valence-electron chi connectivity index (χ0n) is 9.99. The van der Waals surface area contributed by atoms with Gasteiger partial charge in [0.25, 0.3) is 0 Å². The Bertz CT molecular complexity index is 329. The number of allylic oxidation sites excluding steroid dienone is 6. The minimum atomic E-state index is 0.598. The molecule has 1 rings (SSSR count). The average Bonchev–Trinajstić information content (AvgIpc) is 2.35. The molecular formula is C15H20O. The Labute approximate surface area is 98.5 Å². The highest BCUT2D eigenvalue weighted by molar-refractivity contribution is 5.22. The number of hydrogen-bond donors (Lipinski definition) is 0. The lowest BCUT2D eigenvalue weighted by molar-refractivity contribution is 0.278. The van der Waals surface area contributed by atoms with Crippen LogP contribution in [0.1, 0.15) is 26.2 Å². The van der Waals surface area contributed by atoms with Crippen molar-refractivity contribution in [3.63, 3.8) is 0 Å². The van der Waals surface area contributed by atoms with Gasteiger partial charge < -0.3 is 4.74 Å². The van der Waals surface area contributed by atoms with Crippen LogP contribution in [0.25, 0.3) is 0 Å². The van der Waals surface area contributed by atoms with E-state index in [-0.39, 0.29) is 0 Å². The van der Waals surface area contributed by atoms with Crippen LogP contribution in [0.2, 0.25) is 0 Å². The van der Waals surface area contributed by atoms with Crippen molar-refractivity contribution in [3.8, 4) is 0 Å². The molecule has 0 atom stereocenters. The fraction of sp³-hybridized carbons (Fsp3) is 0.333. The summed E-state index contributed by atoms with van der Waals surface area (Å²) >= 11 is 0. The molecule has 0 N–H and O–H groups in total. The second-order valence-electron chi connectivity index (χ2n) is 3.77. The van der Waals surface area contributed by atoms with E-state index in [0.29, 0.717) is 6.61 Å². The van der Waals surface area contributed by atoms with Gasteiger partial charge in [0.15, 0.2) is 0 Å². The topological polar surface area (TPSA) is 9.23 Å². The van der Waals surface area contributed by atoms with Gasteiger partial charge in [0, 0.05) is 0 Å². The van der Waals surface area contributed by atoms with Gasteiger partial charge in [0.1, 0.15) is 6.61 Å². The minimum Gasteiger partial charge on any atom is -0.497 e. The lowest BCUT2D eigenvalue weighted by Crippen LogP contribution is -1.94. The molecular weight excluding hydrogens is 196 g/mol. The molecule has 0 saturated carbocycles. The summed E-state index contributed by atoms with van der Waals surface area (Å²) in [5.41, 5.74) is 2.47. The Morgan fingerprint density at radius 3 is 3.00 bits per heavy atom. The molecule has 16 heavy (non-hydrogen) atoms. The van der Waals surface area contributed by atoms with Crippen LogP contribution < -0.4 is 0 Å². The van der Waals surface area contributed by atoms with Crippen LogP contribution in [0.5, 0.6) is 0 Å². The molecule has 0 saturated heterocycles. The maximum atomic E-state index is 5.55. The van der Waals surface area contributed by atoms with E-state index >= 15 is 0 Å². The Balaban J connectivity index is 2.38. The molecule has 86 valence electrons. The van der Waals surface area contributed by atoms with E-state index in [2.05, 4.69) is 18.7 Å². The third kappa shape index (κ3) is 4.83. The van der Waals surface area contributed by atoms with Gasteiger partial charge in [-0.15, -0.1) is 0 Å². The standard InChI is InChI=1S/C15H20O/c1-3-5-9-14(4-2)12-16-13-15-10-7-6-8-11-15/h3-7,9,13H,2,8,10-12H2,1H3. The molecule has 0 amide bonds. The third-order valence-electron chi connectivity index (χ3n) is 2.44. The molecule has 1 heteroatoms. The van der Waals surface area contributed by atoms with Crippen LogP contribution in [0.4, 0.5) is 0 Å². The first kappa shape index (κ1) is 12.6. The van der Waals surface area contributed by atoms with Crippen molar-refractivity contribution in [1.82, 2.24) is 0 Å². The Hall–Kier alpha value is -1.50. The van der Waals surface area contributed by atoms with Crippen molar-refractivity contribution in [1.29, 1.82) is 0 Å². The van der Waals surface area contributed by atoms with Gasteiger partial charge in [-0.2, -0.15) is 0 Å². The SMILES string of the molecule is C=CC(=CC=CC)COC=C1CC=CCC1. The first-order valence-electron chi connectivity index (χ1n) is 5.75. The predicted octanol–water partition coefficient (Wildman–Crippen LogP) is 4.32. The molecule has 0 bridgehead atoms. The minimum absolute atomic E-state index is 0.598. The molecule has 1 nitrogen and oxygen atoms in total. The Kier molecular flexibility index (Phi) is 6.09. The van der Waals surface area contributed by atoms with Crippen molar-refractivity contribution < 1.29 is 4.74 Å². The van der Waals surface area contributed by atoms with Gasteiger partial charge in [-0.25, -0.2) is 0 Å². The normalized spacial score (nSPS) is 19.3. The van der Waals surface area contributed by atoms with Gasteiger partial charge >= 0.3 is 0 Å². The quantitative estimate of drug-likeness (QED) is 0.378. The number of ether oxygens (including phenoxy) is 1. The van der Waals surface area contributed by atoms with Crippen LogP contribution in [-0.2, 0) is 4.74 Å². The summed E-state index contributed by atoms with van der Waals surface area (Å²) in [5.74, 6) is 0. The highest BCUT2D eigenvalue weighted by atomic mass is 16.5. The summed E-state index contributed by atoms with van der Waals surface area (Å²) in [7, 11) is 0. The highest BCUT2D eigenvalue weighted by Gasteiger charge is 1.99. The predicted molar refractivity (Wildman–Crippen MR) is 70.1 cm³/mol. The maximum absolute atomic E-state index is 5.55. The second-order valence-corrected chi connectivity index (χ2v) is 3.77. The smallest absolute Gasteiger partial charge is 0.112 e. The highest BCUT2D eigenvalue weighted by Crippen LogP contribution is 2.16. The van der Waals surface area contributed by atoms with E-state index in [1.165, 1.54) is 5.57 Å². The summed E-state index contributed by atoms with van der Waals surface area (Å²) in [6.07, 6.45) is 17.5. The molecule has 0 aliphatic heterocycles. The van der Waals surface area contributed by atoms with Gasteiger partial charge in [-0.3, -0.25) is 0 Å². The van der Waals surface area contributed by atoms with Crippen molar-refractivity contribution in [2.24, 2.45) is 0 Å². The van der Waals surface area contributed by atoms with Crippen molar-refractivity contribution in [3.05, 3.63) is 60.4 Å². The lowest BCUT2D eigenvalue weighted by Gasteiger charge is -2.08. The maximum Gasteiger partial charge on any atom is 0.112 e. The molecule has 1 aliphatic rings. The molecule has 0 aromatic carbocycles. The van der Waals surface area contributed by atoms with E-state index in [4.69, 9.17) is 4.74 Å². The number of hydrogen-bond acceptors (Lipinski definition) is 1. The fourth-order valence-corrected chi connectivity index (χ4v) is 1.48. The van der Waals surface area contributed by atoms with Crippen molar-refractivity contribution in [2.45, 2.75) is 26.2 Å². The summed E-state index contributed by atoms with van der Waals surface area (Å²) < 4.78 is 5.55. The van der Waals surface area contributed by atoms with Crippen molar-refractivity contribution in [2.75, 3.05) is 6.61 Å². The van der Waals surface area contributed by atoms with E-state index in [0.717, 1.165) is 24.8 Å². The van der Waals surface area contributed by atoms with Gasteiger partial charge in [-0.1, -0.05) is 43.0 Å². The Morgan fingerprint density at radius 2 is 2.38 bits per heavy atom. The largest absolute Gasteiger partial charge is 0.497 e. The van der Waals surface area contributed by atoms with E-state index in [1.54, 1.807) is 0 Å². The van der Waals surface area contributed by atoms with Crippen LogP contribution in [-0.4, -0.2) is 6.61 Å². The monoisotopic (exact) mass is 216 g/mol. The molecule has 0 spiro atoms. The fourth-order valence-electron chi connectivity index (χ4n) is 1.48. The van der Waals surface area contributed by atoms with Gasteiger partial charge in [0.05, 0.1) is 6.26 Å². The molecule has 0 radical (unpaired) electrons. The van der Waals surface area contributed by atoms with Crippen LogP contribution in [0, 0.1) is 0 Å². The molecule has 0 unspecified atom stereocenters. The van der Waals surface area contributed by atoms with Crippen LogP contribution >= 0.6 is 0 Å². The van der Waals surface area contributed by atoms with Crippen LogP contribution in [0.3, 0.4) is 0 Å². The summed E-state index contributed by atoms with van der Waals surface area (Å²) in [6.45, 7) is 6.36. The van der Waals surface area contributed by atoms with Gasteiger partial charge in [-0.05, 0) is 37.3 Å². The van der Waals surface area contributed by atoms with E-state index in [1.807, 2.05) is 37.5 Å². The molecule has 0 heterocycles. The zero-order valence-corrected chi connectivity index (χ0v) is 9.99. The Morgan fingerprint density at radius 1 is 1.50 bits per heavy atom. The van der Waals surface area contributed by atoms with E-state index in [9.17, 15) is 0 Å². The average molecular weight is 216 g/mol. The lowest BCUT2D eigenvalue weighted by atomic mass is 10.0. The summed E-state index contributed by atoms with van der Waals surface area (Å²) in [4.78, 5) is 0. The second kappa shape index (κ2) is 7.75. The zero-order chi connectivity index (χ0) is 11.6. The summed E-state index contributed by atoms with van der Waals surface area (Å²) in [6, 6.07) is 0. The molecule has 0 fully saturated rings. The number of rotatable bonds is 5. The first-order valence-corrected chi connectivity index (χ1v) is 5.75. The third-order valence-corrected chi connectivity index (χ3v) is 2.44. The first-order chi connectivity index (χ1) is 7.86. The molecule has 0 aromatic heterocycles. The van der Waals surface area contributed by atoms with Crippen LogP contribution in [0.15, 0.2) is 60.4 Å². The van der Waals surface area contributed by atoms with Gasteiger partial charge in [0.2, 0.25) is 0 Å².